The maximum absolute atomic E-state index is 12.8. The summed E-state index contributed by atoms with van der Waals surface area (Å²) in [6.07, 6.45) is 2.37. The molecule has 0 bridgehead atoms. The predicted octanol–water partition coefficient (Wildman–Crippen LogP) is 2.11. The van der Waals surface area contributed by atoms with Crippen LogP contribution in [0.4, 0.5) is 16.2 Å². The van der Waals surface area contributed by atoms with Crippen molar-refractivity contribution in [3.05, 3.63) is 28.6 Å². The van der Waals surface area contributed by atoms with Crippen molar-refractivity contribution in [3.8, 4) is 0 Å². The zero-order chi connectivity index (χ0) is 18.6. The van der Waals surface area contributed by atoms with Gasteiger partial charge in [0, 0.05) is 26.4 Å². The Kier molecular flexibility index (Phi) is 5.91. The van der Waals surface area contributed by atoms with Gasteiger partial charge < -0.3 is 14.8 Å². The Balaban J connectivity index is 2.42. The summed E-state index contributed by atoms with van der Waals surface area (Å²) in [7, 11) is 1.60. The molecule has 0 unspecified atom stereocenters. The van der Waals surface area contributed by atoms with Crippen LogP contribution in [0.1, 0.15) is 27.2 Å². The number of nitrogens with zero attached hydrogens (tertiary/aromatic N) is 3. The normalized spacial score (nSPS) is 20.8. The number of carbonyl (C=O) groups is 1. The van der Waals surface area contributed by atoms with Gasteiger partial charge in [-0.3, -0.25) is 20.0 Å². The second-order valence-electron chi connectivity index (χ2n) is 6.88. The molecule has 0 aromatic carbocycles. The molecule has 2 rings (SSSR count). The van der Waals surface area contributed by atoms with E-state index in [0.717, 1.165) is 6.20 Å². The van der Waals surface area contributed by atoms with Crippen LogP contribution in [0.15, 0.2) is 18.5 Å². The van der Waals surface area contributed by atoms with Gasteiger partial charge in [-0.2, -0.15) is 0 Å². The van der Waals surface area contributed by atoms with Crippen LogP contribution in [-0.2, 0) is 9.47 Å². The number of pyridine rings is 1. The number of aromatic nitrogens is 1. The molecule has 9 nitrogen and oxygen atoms in total. The van der Waals surface area contributed by atoms with E-state index in [1.165, 1.54) is 17.2 Å². The van der Waals surface area contributed by atoms with Gasteiger partial charge in [0.1, 0.15) is 17.5 Å². The summed E-state index contributed by atoms with van der Waals surface area (Å²) in [5, 5.41) is 14.6. The molecule has 1 aliphatic rings. The quantitative estimate of drug-likeness (QED) is 0.653. The number of nitrogens with one attached hydrogen (secondary N) is 1. The van der Waals surface area contributed by atoms with E-state index in [-0.39, 0.29) is 23.5 Å². The predicted molar refractivity (Wildman–Crippen MR) is 91.7 cm³/mol. The number of carbonyl (C=O) groups excluding carboxylic acids is 1. The highest BCUT2D eigenvalue weighted by Crippen LogP contribution is 2.31. The number of ether oxygens (including phenoxy) is 2. The van der Waals surface area contributed by atoms with E-state index in [0.29, 0.717) is 19.5 Å². The number of anilines is 1. The van der Waals surface area contributed by atoms with Gasteiger partial charge in [-0.25, -0.2) is 4.79 Å². The van der Waals surface area contributed by atoms with Crippen LogP contribution in [0, 0.1) is 10.1 Å². The summed E-state index contributed by atoms with van der Waals surface area (Å²) in [5.41, 5.74) is -0.800. The molecule has 1 aliphatic heterocycles. The van der Waals surface area contributed by atoms with E-state index in [1.807, 2.05) is 0 Å². The van der Waals surface area contributed by atoms with E-state index >= 15 is 0 Å². The van der Waals surface area contributed by atoms with Gasteiger partial charge in [0.2, 0.25) is 0 Å². The third-order valence-corrected chi connectivity index (χ3v) is 3.81. The molecule has 0 spiro atoms. The molecule has 2 atom stereocenters. The molecular weight excluding hydrogens is 328 g/mol. The topological polar surface area (TPSA) is 107 Å². The van der Waals surface area contributed by atoms with Crippen LogP contribution in [0.3, 0.4) is 0 Å². The summed E-state index contributed by atoms with van der Waals surface area (Å²) in [4.78, 5) is 28.8. The Morgan fingerprint density at radius 2 is 2.16 bits per heavy atom. The maximum Gasteiger partial charge on any atom is 0.415 e. The lowest BCUT2D eigenvalue weighted by Crippen LogP contribution is -2.54. The number of hydrogen-bond donors (Lipinski definition) is 1. The van der Waals surface area contributed by atoms with E-state index in [9.17, 15) is 14.9 Å². The summed E-state index contributed by atoms with van der Waals surface area (Å²) >= 11 is 0. The first kappa shape index (κ1) is 19.1. The minimum absolute atomic E-state index is 0.0930. The van der Waals surface area contributed by atoms with E-state index in [4.69, 9.17) is 9.47 Å². The molecule has 138 valence electrons. The number of nitro groups is 1. The van der Waals surface area contributed by atoms with E-state index in [1.54, 1.807) is 27.9 Å². The van der Waals surface area contributed by atoms with Crippen molar-refractivity contribution in [2.24, 2.45) is 0 Å². The van der Waals surface area contributed by atoms with Gasteiger partial charge in [0.15, 0.2) is 0 Å². The first-order valence-corrected chi connectivity index (χ1v) is 8.07. The van der Waals surface area contributed by atoms with Crippen LogP contribution in [-0.4, -0.2) is 53.9 Å². The van der Waals surface area contributed by atoms with Crippen molar-refractivity contribution in [2.45, 2.75) is 44.9 Å². The Labute approximate surface area is 146 Å². The third kappa shape index (κ3) is 4.86. The van der Waals surface area contributed by atoms with Crippen LogP contribution in [0.2, 0.25) is 0 Å². The van der Waals surface area contributed by atoms with Gasteiger partial charge in [0.05, 0.1) is 17.1 Å². The number of rotatable bonds is 4. The number of methoxy groups -OCH3 is 1. The molecule has 1 N–H and O–H groups in total. The third-order valence-electron chi connectivity index (χ3n) is 3.81. The van der Waals surface area contributed by atoms with Crippen molar-refractivity contribution in [1.82, 2.24) is 10.3 Å². The molecule has 25 heavy (non-hydrogen) atoms. The molecular formula is C16H24N4O5. The smallest absolute Gasteiger partial charge is 0.415 e. The van der Waals surface area contributed by atoms with Gasteiger partial charge in [-0.1, -0.05) is 0 Å². The Bertz CT molecular complexity index is 631. The molecule has 9 heteroatoms. The number of hydrogen-bond acceptors (Lipinski definition) is 7. The van der Waals surface area contributed by atoms with Gasteiger partial charge in [-0.05, 0) is 33.3 Å². The minimum atomic E-state index is -0.722. The average molecular weight is 352 g/mol. The first-order valence-electron chi connectivity index (χ1n) is 8.07. The zero-order valence-electron chi connectivity index (χ0n) is 14.9. The Morgan fingerprint density at radius 3 is 2.76 bits per heavy atom. The van der Waals surface area contributed by atoms with Crippen LogP contribution < -0.4 is 10.2 Å². The molecule has 1 aromatic heterocycles. The lowest BCUT2D eigenvalue weighted by Gasteiger charge is -2.37. The summed E-state index contributed by atoms with van der Waals surface area (Å²) in [6, 6.07) is 1.12. The standard InChI is InChI=1S/C16H24N4O5/c1-16(2,3)25-15(21)19(11-7-12(24-4)9-18-8-11)13-5-6-17-10-14(13)20(22)23/h5-6,10-12,18H,7-9H2,1-4H3/t11-,12+/m0/s1. The van der Waals surface area contributed by atoms with Gasteiger partial charge >= 0.3 is 11.8 Å². The van der Waals surface area contributed by atoms with E-state index in [2.05, 4.69) is 10.3 Å². The fraction of sp³-hybridized carbons (Fsp3) is 0.625. The van der Waals surface area contributed by atoms with Crippen LogP contribution in [0.5, 0.6) is 0 Å². The van der Waals surface area contributed by atoms with E-state index < -0.39 is 16.6 Å². The molecule has 1 amide bonds. The minimum Gasteiger partial charge on any atom is -0.443 e. The van der Waals surface area contributed by atoms with Crippen molar-refractivity contribution in [3.63, 3.8) is 0 Å². The molecule has 1 fully saturated rings. The highest BCUT2D eigenvalue weighted by atomic mass is 16.6. The molecule has 0 saturated carbocycles. The first-order chi connectivity index (χ1) is 11.7. The highest BCUT2D eigenvalue weighted by Gasteiger charge is 2.36. The maximum atomic E-state index is 12.8. The number of piperidine rings is 1. The molecule has 2 heterocycles. The fourth-order valence-corrected chi connectivity index (χ4v) is 2.74. The molecule has 0 radical (unpaired) electrons. The van der Waals surface area contributed by atoms with Crippen molar-refractivity contribution in [1.29, 1.82) is 0 Å². The molecule has 1 saturated heterocycles. The summed E-state index contributed by atoms with van der Waals surface area (Å²) in [6.45, 7) is 6.40. The zero-order valence-corrected chi connectivity index (χ0v) is 14.9. The summed E-state index contributed by atoms with van der Waals surface area (Å²) in [5.74, 6) is 0. The number of amides is 1. The Hall–Kier alpha value is -2.26. The van der Waals surface area contributed by atoms with Crippen molar-refractivity contribution in [2.75, 3.05) is 25.1 Å². The highest BCUT2D eigenvalue weighted by molar-refractivity contribution is 5.91. The van der Waals surface area contributed by atoms with Gasteiger partial charge in [0.25, 0.3) is 0 Å². The van der Waals surface area contributed by atoms with Gasteiger partial charge in [-0.15, -0.1) is 0 Å². The van der Waals surface area contributed by atoms with Crippen molar-refractivity contribution < 1.29 is 19.2 Å². The second-order valence-corrected chi connectivity index (χ2v) is 6.88. The largest absolute Gasteiger partial charge is 0.443 e. The van der Waals surface area contributed by atoms with Crippen LogP contribution in [0.25, 0.3) is 0 Å². The lowest BCUT2D eigenvalue weighted by atomic mass is 10.0. The second kappa shape index (κ2) is 7.75. The Morgan fingerprint density at radius 1 is 1.44 bits per heavy atom. The monoisotopic (exact) mass is 352 g/mol. The SMILES string of the molecule is CO[C@H]1CNC[C@@H](N(C(=O)OC(C)(C)C)c2ccncc2[N+](=O)[O-])C1. The summed E-state index contributed by atoms with van der Waals surface area (Å²) < 4.78 is 10.9. The molecule has 1 aromatic rings. The lowest BCUT2D eigenvalue weighted by molar-refractivity contribution is -0.384. The molecule has 0 aliphatic carbocycles. The average Bonchev–Trinajstić information content (AvgIpc) is 2.54. The van der Waals surface area contributed by atoms with Crippen LogP contribution >= 0.6 is 0 Å². The fourth-order valence-electron chi connectivity index (χ4n) is 2.74. The van der Waals surface area contributed by atoms with Crippen molar-refractivity contribution >= 4 is 17.5 Å².